The molecule has 2 bridgehead atoms. The van der Waals surface area contributed by atoms with Gasteiger partial charge in [0.25, 0.3) is 15.8 Å². The van der Waals surface area contributed by atoms with E-state index in [0.717, 1.165) is 25.0 Å². The normalized spacial score (nSPS) is 28.7. The summed E-state index contributed by atoms with van der Waals surface area (Å²) in [6.07, 6.45) is 1.82. The van der Waals surface area contributed by atoms with E-state index in [-0.39, 0.29) is 22.8 Å². The fraction of sp³-hybridized carbons (Fsp3) is 0.500. The average molecular weight is 299 g/mol. The Hall–Kier alpha value is -1.51. The third kappa shape index (κ3) is 2.41. The summed E-state index contributed by atoms with van der Waals surface area (Å²) >= 11 is 0. The highest BCUT2D eigenvalue weighted by Crippen LogP contribution is 2.37. The maximum atomic E-state index is 12.1. The summed E-state index contributed by atoms with van der Waals surface area (Å²) in [6.45, 7) is 0. The van der Waals surface area contributed by atoms with Crippen molar-refractivity contribution in [2.75, 3.05) is 0 Å². The number of fused-ring (bicyclic) bond motifs is 2. The molecule has 3 atom stereocenters. The van der Waals surface area contributed by atoms with Crippen LogP contribution in [-0.2, 0) is 19.0 Å². The molecule has 2 fully saturated rings. The van der Waals surface area contributed by atoms with Crippen molar-refractivity contribution in [2.24, 2.45) is 0 Å². The Balaban J connectivity index is 1.76. The molecule has 0 amide bonds. The van der Waals surface area contributed by atoms with Crippen molar-refractivity contribution in [3.63, 3.8) is 0 Å². The number of rotatable bonds is 4. The van der Waals surface area contributed by atoms with Crippen LogP contribution in [0.25, 0.3) is 0 Å². The van der Waals surface area contributed by atoms with E-state index in [1.807, 2.05) is 0 Å². The molecule has 3 unspecified atom stereocenters. The van der Waals surface area contributed by atoms with Gasteiger partial charge in [0.2, 0.25) is 0 Å². The van der Waals surface area contributed by atoms with Crippen LogP contribution in [0.15, 0.2) is 29.2 Å². The lowest BCUT2D eigenvalue weighted by Gasteiger charge is -2.18. The summed E-state index contributed by atoms with van der Waals surface area (Å²) in [6, 6.07) is 4.66. The molecule has 0 aromatic heterocycles. The molecule has 108 valence electrons. The molecule has 1 aromatic carbocycles. The summed E-state index contributed by atoms with van der Waals surface area (Å²) < 4.78 is 34.9. The van der Waals surface area contributed by atoms with Gasteiger partial charge in [0, 0.05) is 18.6 Å². The van der Waals surface area contributed by atoms with E-state index < -0.39 is 21.1 Å². The Morgan fingerprint density at radius 1 is 1.25 bits per heavy atom. The fourth-order valence-corrected chi connectivity index (χ4v) is 3.75. The number of ether oxygens (including phenoxy) is 1. The molecule has 7 nitrogen and oxygen atoms in total. The topological polar surface area (TPSA) is 95.7 Å². The Labute approximate surface area is 115 Å². The van der Waals surface area contributed by atoms with Crippen LogP contribution in [0.2, 0.25) is 0 Å². The summed E-state index contributed by atoms with van der Waals surface area (Å²) in [7, 11) is -3.91. The molecule has 8 heteroatoms. The highest BCUT2D eigenvalue weighted by molar-refractivity contribution is 7.86. The highest BCUT2D eigenvalue weighted by atomic mass is 32.2. The van der Waals surface area contributed by atoms with Crippen molar-refractivity contribution in [1.82, 2.24) is 0 Å². The van der Waals surface area contributed by atoms with E-state index in [0.29, 0.717) is 6.42 Å². The molecule has 0 aliphatic carbocycles. The number of nitrogens with zero attached hydrogens (tertiary/aromatic N) is 1. The Bertz CT molecular complexity index is 626. The lowest BCUT2D eigenvalue weighted by Crippen LogP contribution is -2.28. The van der Waals surface area contributed by atoms with Crippen LogP contribution in [0.5, 0.6) is 0 Å². The third-order valence-corrected chi connectivity index (χ3v) is 4.99. The van der Waals surface area contributed by atoms with Crippen molar-refractivity contribution < 1.29 is 22.3 Å². The van der Waals surface area contributed by atoms with Gasteiger partial charge < -0.3 is 4.74 Å². The van der Waals surface area contributed by atoms with Crippen molar-refractivity contribution in [2.45, 2.75) is 42.5 Å². The lowest BCUT2D eigenvalue weighted by atomic mass is 9.98. The van der Waals surface area contributed by atoms with Gasteiger partial charge in [-0.25, -0.2) is 0 Å². The van der Waals surface area contributed by atoms with E-state index in [2.05, 4.69) is 0 Å². The first-order valence-electron chi connectivity index (χ1n) is 6.29. The first kappa shape index (κ1) is 13.5. The van der Waals surface area contributed by atoms with Crippen molar-refractivity contribution in [1.29, 1.82) is 0 Å². The van der Waals surface area contributed by atoms with Crippen LogP contribution in [0.1, 0.15) is 19.3 Å². The first-order chi connectivity index (χ1) is 9.45. The van der Waals surface area contributed by atoms with E-state index in [9.17, 15) is 18.5 Å². The molecule has 3 rings (SSSR count). The average Bonchev–Trinajstić information content (AvgIpc) is 3.00. The van der Waals surface area contributed by atoms with Gasteiger partial charge in [0.05, 0.1) is 22.0 Å². The molecule has 0 spiro atoms. The minimum absolute atomic E-state index is 0.0779. The monoisotopic (exact) mass is 299 g/mol. The van der Waals surface area contributed by atoms with E-state index in [1.54, 1.807) is 0 Å². The van der Waals surface area contributed by atoms with Crippen LogP contribution in [0.4, 0.5) is 5.69 Å². The van der Waals surface area contributed by atoms with Crippen LogP contribution in [0.3, 0.4) is 0 Å². The minimum atomic E-state index is -3.91. The van der Waals surface area contributed by atoms with Gasteiger partial charge >= 0.3 is 0 Å². The van der Waals surface area contributed by atoms with Crippen molar-refractivity contribution in [3.05, 3.63) is 34.4 Å². The van der Waals surface area contributed by atoms with Gasteiger partial charge in [0.1, 0.15) is 6.10 Å². The first-order valence-corrected chi connectivity index (χ1v) is 7.70. The number of non-ortho nitro benzene ring substituents is 1. The Morgan fingerprint density at radius 3 is 2.45 bits per heavy atom. The molecule has 0 saturated carbocycles. The molecule has 2 heterocycles. The van der Waals surface area contributed by atoms with Gasteiger partial charge in [-0.15, -0.1) is 0 Å². The van der Waals surface area contributed by atoms with E-state index >= 15 is 0 Å². The van der Waals surface area contributed by atoms with Crippen LogP contribution >= 0.6 is 0 Å². The quantitative estimate of drug-likeness (QED) is 0.476. The minimum Gasteiger partial charge on any atom is -0.372 e. The summed E-state index contributed by atoms with van der Waals surface area (Å²) in [4.78, 5) is 9.88. The third-order valence-electron chi connectivity index (χ3n) is 3.64. The van der Waals surface area contributed by atoms with E-state index in [4.69, 9.17) is 8.92 Å². The second-order valence-corrected chi connectivity index (χ2v) is 6.52. The summed E-state index contributed by atoms with van der Waals surface area (Å²) in [5.41, 5.74) is -0.160. The second-order valence-electron chi connectivity index (χ2n) is 4.95. The maximum Gasteiger partial charge on any atom is 0.297 e. The zero-order valence-electron chi connectivity index (χ0n) is 10.5. The number of hydrogen-bond acceptors (Lipinski definition) is 6. The number of benzene rings is 1. The van der Waals surface area contributed by atoms with E-state index in [1.165, 1.54) is 12.1 Å². The molecular formula is C12H13NO6S. The molecule has 2 aliphatic heterocycles. The molecule has 1 aromatic rings. The molecule has 2 aliphatic rings. The predicted molar refractivity (Wildman–Crippen MR) is 67.7 cm³/mol. The molecule has 0 N–H and O–H groups in total. The second kappa shape index (κ2) is 4.80. The number of nitro groups is 1. The van der Waals surface area contributed by atoms with Gasteiger partial charge in [0.15, 0.2) is 0 Å². The van der Waals surface area contributed by atoms with Gasteiger partial charge in [-0.3, -0.25) is 14.3 Å². The summed E-state index contributed by atoms with van der Waals surface area (Å²) in [5.74, 6) is 0. The zero-order chi connectivity index (χ0) is 14.3. The molecule has 20 heavy (non-hydrogen) atoms. The van der Waals surface area contributed by atoms with Crippen LogP contribution in [0, 0.1) is 10.1 Å². The van der Waals surface area contributed by atoms with Gasteiger partial charge in [-0.05, 0) is 25.0 Å². The Kier molecular flexibility index (Phi) is 3.23. The van der Waals surface area contributed by atoms with Gasteiger partial charge in [-0.1, -0.05) is 0 Å². The number of nitro benzene ring substituents is 1. The lowest BCUT2D eigenvalue weighted by molar-refractivity contribution is -0.384. The van der Waals surface area contributed by atoms with Crippen molar-refractivity contribution in [3.8, 4) is 0 Å². The fourth-order valence-electron chi connectivity index (χ4n) is 2.65. The predicted octanol–water partition coefficient (Wildman–Crippen LogP) is 1.62. The number of hydrogen-bond donors (Lipinski definition) is 0. The maximum absolute atomic E-state index is 12.1. The van der Waals surface area contributed by atoms with Crippen LogP contribution in [-0.4, -0.2) is 31.7 Å². The zero-order valence-corrected chi connectivity index (χ0v) is 11.3. The SMILES string of the molecule is O=[N+]([O-])c1ccc(S(=O)(=O)OC2CC3CCC2O3)cc1. The largest absolute Gasteiger partial charge is 0.372 e. The smallest absolute Gasteiger partial charge is 0.297 e. The van der Waals surface area contributed by atoms with Crippen molar-refractivity contribution >= 4 is 15.8 Å². The summed E-state index contributed by atoms with van der Waals surface area (Å²) in [5, 5.41) is 10.5. The standard InChI is InChI=1S/C12H13NO6S/c14-13(15)8-1-4-10(5-2-8)20(16,17)19-12-7-9-3-6-11(12)18-9/h1-2,4-5,9,11-12H,3,6-7H2. The molecular weight excluding hydrogens is 286 g/mol. The Morgan fingerprint density at radius 2 is 1.95 bits per heavy atom. The molecule has 0 radical (unpaired) electrons. The molecule has 2 saturated heterocycles. The highest BCUT2D eigenvalue weighted by Gasteiger charge is 2.43. The van der Waals surface area contributed by atoms with Gasteiger partial charge in [-0.2, -0.15) is 8.42 Å². The van der Waals surface area contributed by atoms with Crippen LogP contribution < -0.4 is 0 Å².